The maximum absolute atomic E-state index is 13.8. The van der Waals surface area contributed by atoms with Crippen LogP contribution in [0.25, 0.3) is 0 Å². The fourth-order valence-corrected chi connectivity index (χ4v) is 4.76. The standard InChI is InChI=1S/C18H24BrFO/c19-16-7-8-17(20)15(10-16)11-18(21)14-6-5-12-3-1-2-4-13(12)9-14/h7-8,10,12-14,18,21H,1-6,9,11H2. The number of hydrogen-bond acceptors (Lipinski definition) is 1. The summed E-state index contributed by atoms with van der Waals surface area (Å²) in [5.41, 5.74) is 0.627. The van der Waals surface area contributed by atoms with E-state index in [0.717, 1.165) is 29.2 Å². The fourth-order valence-electron chi connectivity index (χ4n) is 4.35. The third kappa shape index (κ3) is 3.68. The lowest BCUT2D eigenvalue weighted by molar-refractivity contribution is 0.0356. The van der Waals surface area contributed by atoms with E-state index in [4.69, 9.17) is 0 Å². The molecule has 0 saturated heterocycles. The van der Waals surface area contributed by atoms with Crippen LogP contribution >= 0.6 is 15.9 Å². The minimum absolute atomic E-state index is 0.205. The second-order valence-corrected chi connectivity index (χ2v) is 7.80. The van der Waals surface area contributed by atoms with Crippen LogP contribution in [0.2, 0.25) is 0 Å². The maximum atomic E-state index is 13.8. The molecule has 4 atom stereocenters. The number of benzene rings is 1. The molecule has 0 aliphatic heterocycles. The number of aliphatic hydroxyl groups is 1. The van der Waals surface area contributed by atoms with Crippen molar-refractivity contribution in [2.45, 2.75) is 57.5 Å². The van der Waals surface area contributed by atoms with Crippen LogP contribution in [-0.2, 0) is 6.42 Å². The number of halogens is 2. The first-order chi connectivity index (χ1) is 10.1. The van der Waals surface area contributed by atoms with Gasteiger partial charge < -0.3 is 5.11 Å². The van der Waals surface area contributed by atoms with Crippen LogP contribution in [-0.4, -0.2) is 11.2 Å². The third-order valence-electron chi connectivity index (χ3n) is 5.56. The molecule has 2 aliphatic rings. The molecule has 0 amide bonds. The van der Waals surface area contributed by atoms with E-state index in [2.05, 4.69) is 15.9 Å². The Hall–Kier alpha value is -0.410. The molecule has 0 aromatic heterocycles. The molecule has 116 valence electrons. The summed E-state index contributed by atoms with van der Waals surface area (Å²) in [6.45, 7) is 0. The van der Waals surface area contributed by atoms with E-state index in [1.165, 1.54) is 38.2 Å². The molecule has 2 saturated carbocycles. The summed E-state index contributed by atoms with van der Waals surface area (Å²) in [6.07, 6.45) is 8.99. The molecular weight excluding hydrogens is 331 g/mol. The van der Waals surface area contributed by atoms with Gasteiger partial charge >= 0.3 is 0 Å². The first kappa shape index (κ1) is 15.5. The molecule has 21 heavy (non-hydrogen) atoms. The van der Waals surface area contributed by atoms with Gasteiger partial charge in [-0.25, -0.2) is 4.39 Å². The minimum atomic E-state index is -0.406. The van der Waals surface area contributed by atoms with Gasteiger partial charge in [0.15, 0.2) is 0 Å². The van der Waals surface area contributed by atoms with E-state index < -0.39 is 6.10 Å². The van der Waals surface area contributed by atoms with Crippen LogP contribution in [0, 0.1) is 23.6 Å². The first-order valence-corrected chi connectivity index (χ1v) is 9.05. The molecule has 1 nitrogen and oxygen atoms in total. The highest BCUT2D eigenvalue weighted by atomic mass is 79.9. The van der Waals surface area contributed by atoms with Crippen molar-refractivity contribution < 1.29 is 9.50 Å². The van der Waals surface area contributed by atoms with Crippen molar-refractivity contribution in [1.29, 1.82) is 0 Å². The van der Waals surface area contributed by atoms with Gasteiger partial charge in [-0.1, -0.05) is 41.6 Å². The Bertz CT molecular complexity index is 490. The van der Waals surface area contributed by atoms with Crippen LogP contribution in [0.5, 0.6) is 0 Å². The van der Waals surface area contributed by atoms with Gasteiger partial charge in [0, 0.05) is 10.9 Å². The van der Waals surface area contributed by atoms with Crippen LogP contribution in [0.15, 0.2) is 22.7 Å². The van der Waals surface area contributed by atoms with Crippen LogP contribution in [0.3, 0.4) is 0 Å². The summed E-state index contributed by atoms with van der Waals surface area (Å²) in [4.78, 5) is 0. The van der Waals surface area contributed by atoms with Crippen molar-refractivity contribution in [3.63, 3.8) is 0 Å². The van der Waals surface area contributed by atoms with Gasteiger partial charge in [0.2, 0.25) is 0 Å². The molecule has 1 N–H and O–H groups in total. The molecule has 2 fully saturated rings. The molecule has 0 radical (unpaired) electrons. The number of fused-ring (bicyclic) bond motifs is 1. The Morgan fingerprint density at radius 2 is 1.90 bits per heavy atom. The molecule has 2 aliphatic carbocycles. The summed E-state index contributed by atoms with van der Waals surface area (Å²) in [5, 5.41) is 10.6. The van der Waals surface area contributed by atoms with E-state index in [1.807, 2.05) is 0 Å². The lowest BCUT2D eigenvalue weighted by Crippen LogP contribution is -2.34. The zero-order chi connectivity index (χ0) is 14.8. The van der Waals surface area contributed by atoms with E-state index in [1.54, 1.807) is 12.1 Å². The summed E-state index contributed by atoms with van der Waals surface area (Å²) in [5.74, 6) is 1.84. The highest BCUT2D eigenvalue weighted by Crippen LogP contribution is 2.43. The maximum Gasteiger partial charge on any atom is 0.126 e. The van der Waals surface area contributed by atoms with Crippen LogP contribution in [0.4, 0.5) is 4.39 Å². The molecule has 4 unspecified atom stereocenters. The van der Waals surface area contributed by atoms with E-state index in [9.17, 15) is 9.50 Å². The van der Waals surface area contributed by atoms with Crippen molar-refractivity contribution in [3.8, 4) is 0 Å². The zero-order valence-corrected chi connectivity index (χ0v) is 14.0. The van der Waals surface area contributed by atoms with Gasteiger partial charge in [-0.05, 0) is 60.8 Å². The molecule has 0 spiro atoms. The predicted molar refractivity (Wildman–Crippen MR) is 86.6 cm³/mol. The lowest BCUT2D eigenvalue weighted by atomic mass is 9.66. The average Bonchev–Trinajstić information content (AvgIpc) is 2.50. The van der Waals surface area contributed by atoms with E-state index >= 15 is 0 Å². The van der Waals surface area contributed by atoms with Gasteiger partial charge in [0.1, 0.15) is 5.82 Å². The number of aliphatic hydroxyl groups excluding tert-OH is 1. The molecule has 1 aromatic rings. The van der Waals surface area contributed by atoms with Gasteiger partial charge in [0.05, 0.1) is 6.10 Å². The van der Waals surface area contributed by atoms with Gasteiger partial charge in [0.25, 0.3) is 0 Å². The Morgan fingerprint density at radius 3 is 2.71 bits per heavy atom. The van der Waals surface area contributed by atoms with Gasteiger partial charge in [-0.15, -0.1) is 0 Å². The van der Waals surface area contributed by atoms with Crippen molar-refractivity contribution in [2.24, 2.45) is 17.8 Å². The highest BCUT2D eigenvalue weighted by Gasteiger charge is 2.35. The predicted octanol–water partition coefficient (Wildman–Crippen LogP) is 5.10. The van der Waals surface area contributed by atoms with Crippen molar-refractivity contribution in [3.05, 3.63) is 34.1 Å². The Kier molecular flexibility index (Phi) is 5.00. The summed E-state index contributed by atoms with van der Waals surface area (Å²) < 4.78 is 14.7. The van der Waals surface area contributed by atoms with Crippen LogP contribution in [0.1, 0.15) is 50.5 Å². The quantitative estimate of drug-likeness (QED) is 0.800. The smallest absolute Gasteiger partial charge is 0.126 e. The van der Waals surface area contributed by atoms with E-state index in [-0.39, 0.29) is 5.82 Å². The number of rotatable bonds is 3. The Labute approximate surface area is 135 Å². The monoisotopic (exact) mass is 354 g/mol. The molecule has 0 heterocycles. The van der Waals surface area contributed by atoms with Gasteiger partial charge in [-0.3, -0.25) is 0 Å². The molecule has 3 heteroatoms. The Morgan fingerprint density at radius 1 is 1.14 bits per heavy atom. The minimum Gasteiger partial charge on any atom is -0.392 e. The number of hydrogen-bond donors (Lipinski definition) is 1. The second-order valence-electron chi connectivity index (χ2n) is 6.88. The molecule has 1 aromatic carbocycles. The SMILES string of the molecule is OC(Cc1cc(Br)ccc1F)C1CCC2CCCCC2C1. The van der Waals surface area contributed by atoms with Gasteiger partial charge in [-0.2, -0.15) is 0 Å². The first-order valence-electron chi connectivity index (χ1n) is 8.25. The van der Waals surface area contributed by atoms with Crippen molar-refractivity contribution in [1.82, 2.24) is 0 Å². The zero-order valence-electron chi connectivity index (χ0n) is 12.4. The summed E-state index contributed by atoms with van der Waals surface area (Å²) >= 11 is 3.38. The fraction of sp³-hybridized carbons (Fsp3) is 0.667. The topological polar surface area (TPSA) is 20.2 Å². The van der Waals surface area contributed by atoms with Crippen LogP contribution < -0.4 is 0 Å². The highest BCUT2D eigenvalue weighted by molar-refractivity contribution is 9.10. The largest absolute Gasteiger partial charge is 0.392 e. The normalized spacial score (nSPS) is 30.7. The summed E-state index contributed by atoms with van der Waals surface area (Å²) in [6, 6.07) is 4.98. The molecule has 0 bridgehead atoms. The van der Waals surface area contributed by atoms with Crippen molar-refractivity contribution >= 4 is 15.9 Å². The van der Waals surface area contributed by atoms with E-state index in [0.29, 0.717) is 17.9 Å². The van der Waals surface area contributed by atoms with Crippen molar-refractivity contribution in [2.75, 3.05) is 0 Å². The Balaban J connectivity index is 1.62. The third-order valence-corrected chi connectivity index (χ3v) is 6.05. The summed E-state index contributed by atoms with van der Waals surface area (Å²) in [7, 11) is 0. The molecular formula is C18H24BrFO. The average molecular weight is 355 g/mol. The second kappa shape index (κ2) is 6.78. The lowest BCUT2D eigenvalue weighted by Gasteiger charge is -2.40. The molecule has 3 rings (SSSR count).